The van der Waals surface area contributed by atoms with Gasteiger partial charge in [-0.05, 0) is 50.8 Å². The molecule has 1 rings (SSSR count). The van der Waals surface area contributed by atoms with Crippen LogP contribution in [0, 0.1) is 5.92 Å². The number of furan rings is 1. The highest BCUT2D eigenvalue weighted by atomic mass is 16.3. The lowest BCUT2D eigenvalue weighted by Crippen LogP contribution is -2.37. The Hall–Kier alpha value is -0.800. The molecule has 0 fully saturated rings. The molecule has 1 heterocycles. The minimum absolute atomic E-state index is 0.404. The monoisotopic (exact) mass is 280 g/mol. The van der Waals surface area contributed by atoms with Crippen LogP contribution in [-0.2, 0) is 0 Å². The Kier molecular flexibility index (Phi) is 8.63. The fourth-order valence-corrected chi connectivity index (χ4v) is 2.74. The molecule has 0 saturated carbocycles. The van der Waals surface area contributed by atoms with E-state index in [-0.39, 0.29) is 0 Å². The van der Waals surface area contributed by atoms with Gasteiger partial charge in [0.05, 0.1) is 12.5 Å². The molecule has 116 valence electrons. The first-order valence-corrected chi connectivity index (χ1v) is 8.21. The van der Waals surface area contributed by atoms with Gasteiger partial charge in [-0.25, -0.2) is 0 Å². The van der Waals surface area contributed by atoms with Crippen LogP contribution in [0.5, 0.6) is 0 Å². The minimum Gasteiger partial charge on any atom is -0.472 e. The van der Waals surface area contributed by atoms with Crippen molar-refractivity contribution in [2.24, 2.45) is 5.92 Å². The van der Waals surface area contributed by atoms with Crippen molar-refractivity contribution in [1.29, 1.82) is 0 Å². The largest absolute Gasteiger partial charge is 0.472 e. The predicted octanol–water partition coefficient (Wildman–Crippen LogP) is 4.12. The van der Waals surface area contributed by atoms with E-state index < -0.39 is 0 Å². The molecule has 0 amide bonds. The van der Waals surface area contributed by atoms with Gasteiger partial charge < -0.3 is 15.1 Å². The Morgan fingerprint density at radius 2 is 1.80 bits per heavy atom. The highest BCUT2D eigenvalue weighted by Gasteiger charge is 2.21. The van der Waals surface area contributed by atoms with Crippen molar-refractivity contribution in [2.75, 3.05) is 13.1 Å². The fourth-order valence-electron chi connectivity index (χ4n) is 2.74. The molecule has 0 spiro atoms. The van der Waals surface area contributed by atoms with Crippen molar-refractivity contribution in [3.05, 3.63) is 24.2 Å². The van der Waals surface area contributed by atoms with Gasteiger partial charge in [-0.1, -0.05) is 27.7 Å². The van der Waals surface area contributed by atoms with E-state index in [1.165, 1.54) is 18.4 Å². The van der Waals surface area contributed by atoms with Crippen molar-refractivity contribution in [3.63, 3.8) is 0 Å². The molecule has 2 N–H and O–H groups in total. The Morgan fingerprint density at radius 3 is 2.35 bits per heavy atom. The lowest BCUT2D eigenvalue weighted by Gasteiger charge is -2.28. The lowest BCUT2D eigenvalue weighted by atomic mass is 9.90. The van der Waals surface area contributed by atoms with Crippen LogP contribution < -0.4 is 10.6 Å². The molecule has 3 nitrogen and oxygen atoms in total. The molecule has 3 heteroatoms. The van der Waals surface area contributed by atoms with Crippen LogP contribution in [0.4, 0.5) is 0 Å². The maximum Gasteiger partial charge on any atom is 0.0950 e. The topological polar surface area (TPSA) is 37.2 Å². The average Bonchev–Trinajstić information content (AvgIpc) is 2.98. The van der Waals surface area contributed by atoms with E-state index in [0.29, 0.717) is 18.0 Å². The molecule has 3 unspecified atom stereocenters. The SMILES string of the molecule is CCCNC(CC(C)C(CC)NCCC)c1ccoc1. The third-order valence-corrected chi connectivity index (χ3v) is 3.98. The summed E-state index contributed by atoms with van der Waals surface area (Å²) in [5.74, 6) is 0.649. The number of hydrogen-bond acceptors (Lipinski definition) is 3. The van der Waals surface area contributed by atoms with Gasteiger partial charge in [-0.3, -0.25) is 0 Å². The van der Waals surface area contributed by atoms with Crippen molar-refractivity contribution in [1.82, 2.24) is 10.6 Å². The van der Waals surface area contributed by atoms with Crippen molar-refractivity contribution < 1.29 is 4.42 Å². The molecule has 0 aliphatic heterocycles. The summed E-state index contributed by atoms with van der Waals surface area (Å²) in [6.45, 7) is 11.2. The zero-order valence-corrected chi connectivity index (χ0v) is 13.6. The van der Waals surface area contributed by atoms with Gasteiger partial charge in [0.2, 0.25) is 0 Å². The van der Waals surface area contributed by atoms with Gasteiger partial charge in [-0.15, -0.1) is 0 Å². The molecule has 1 aromatic heterocycles. The molecule has 0 bridgehead atoms. The molecule has 1 aromatic rings. The van der Waals surface area contributed by atoms with Gasteiger partial charge in [0.1, 0.15) is 0 Å². The number of nitrogens with one attached hydrogen (secondary N) is 2. The van der Waals surface area contributed by atoms with Crippen LogP contribution in [0.25, 0.3) is 0 Å². The van der Waals surface area contributed by atoms with E-state index in [2.05, 4.69) is 44.4 Å². The first-order valence-electron chi connectivity index (χ1n) is 8.21. The summed E-state index contributed by atoms with van der Waals surface area (Å²) < 4.78 is 5.25. The van der Waals surface area contributed by atoms with Crippen LogP contribution in [0.15, 0.2) is 23.0 Å². The van der Waals surface area contributed by atoms with Crippen molar-refractivity contribution in [2.45, 2.75) is 65.5 Å². The van der Waals surface area contributed by atoms with E-state index in [1.54, 1.807) is 6.26 Å². The second kappa shape index (κ2) is 10.0. The summed E-state index contributed by atoms with van der Waals surface area (Å²) >= 11 is 0. The second-order valence-electron chi connectivity index (χ2n) is 5.75. The molecule has 0 radical (unpaired) electrons. The molecular weight excluding hydrogens is 248 g/mol. The number of rotatable bonds is 11. The quantitative estimate of drug-likeness (QED) is 0.640. The summed E-state index contributed by atoms with van der Waals surface area (Å²) in [6.07, 6.45) is 8.34. The predicted molar refractivity (Wildman–Crippen MR) is 85.9 cm³/mol. The molecule has 0 saturated heterocycles. The molecule has 0 aliphatic rings. The van der Waals surface area contributed by atoms with E-state index >= 15 is 0 Å². The van der Waals surface area contributed by atoms with Crippen molar-refractivity contribution >= 4 is 0 Å². The second-order valence-corrected chi connectivity index (χ2v) is 5.75. The highest BCUT2D eigenvalue weighted by Crippen LogP contribution is 2.24. The standard InChI is InChI=1S/C17H32N2O/c1-5-9-18-16(7-3)14(4)12-17(19-10-6-2)15-8-11-20-13-15/h8,11,13-14,16-19H,5-7,9-10,12H2,1-4H3. The van der Waals surface area contributed by atoms with E-state index in [0.717, 1.165) is 25.9 Å². The van der Waals surface area contributed by atoms with Gasteiger partial charge in [-0.2, -0.15) is 0 Å². The Bertz CT molecular complexity index is 324. The van der Waals surface area contributed by atoms with E-state index in [9.17, 15) is 0 Å². The smallest absolute Gasteiger partial charge is 0.0950 e. The molecule has 3 atom stereocenters. The summed E-state index contributed by atoms with van der Waals surface area (Å²) in [6, 6.07) is 3.09. The first kappa shape index (κ1) is 17.3. The summed E-state index contributed by atoms with van der Waals surface area (Å²) in [4.78, 5) is 0. The van der Waals surface area contributed by atoms with Crippen LogP contribution in [0.2, 0.25) is 0 Å². The zero-order valence-electron chi connectivity index (χ0n) is 13.6. The zero-order chi connectivity index (χ0) is 14.8. The Balaban J connectivity index is 2.58. The normalized spacial score (nSPS) is 16.0. The van der Waals surface area contributed by atoms with Crippen LogP contribution in [-0.4, -0.2) is 19.1 Å². The Labute approximate surface area is 124 Å². The first-order chi connectivity index (χ1) is 9.72. The summed E-state index contributed by atoms with van der Waals surface area (Å²) in [5.41, 5.74) is 1.27. The minimum atomic E-state index is 0.404. The molecule has 20 heavy (non-hydrogen) atoms. The average molecular weight is 280 g/mol. The number of hydrogen-bond donors (Lipinski definition) is 2. The maximum absolute atomic E-state index is 5.25. The van der Waals surface area contributed by atoms with E-state index in [1.807, 2.05) is 6.26 Å². The lowest BCUT2D eigenvalue weighted by molar-refractivity contribution is 0.310. The third kappa shape index (κ3) is 5.68. The van der Waals surface area contributed by atoms with E-state index in [4.69, 9.17) is 4.42 Å². The van der Waals surface area contributed by atoms with Crippen molar-refractivity contribution in [3.8, 4) is 0 Å². The molecular formula is C17H32N2O. The summed E-state index contributed by atoms with van der Waals surface area (Å²) in [7, 11) is 0. The Morgan fingerprint density at radius 1 is 1.10 bits per heavy atom. The summed E-state index contributed by atoms with van der Waals surface area (Å²) in [5, 5.41) is 7.32. The van der Waals surface area contributed by atoms with Gasteiger partial charge in [0.25, 0.3) is 0 Å². The molecule has 0 aliphatic carbocycles. The fraction of sp³-hybridized carbons (Fsp3) is 0.765. The van der Waals surface area contributed by atoms with Crippen LogP contribution >= 0.6 is 0 Å². The third-order valence-electron chi connectivity index (χ3n) is 3.98. The highest BCUT2D eigenvalue weighted by molar-refractivity contribution is 5.11. The van der Waals surface area contributed by atoms with Gasteiger partial charge in [0, 0.05) is 17.6 Å². The van der Waals surface area contributed by atoms with Gasteiger partial charge in [0.15, 0.2) is 0 Å². The maximum atomic E-state index is 5.25. The van der Waals surface area contributed by atoms with Gasteiger partial charge >= 0.3 is 0 Å². The van der Waals surface area contributed by atoms with Crippen LogP contribution in [0.1, 0.15) is 65.0 Å². The van der Waals surface area contributed by atoms with Crippen LogP contribution in [0.3, 0.4) is 0 Å². The molecule has 0 aromatic carbocycles.